The molecule has 1 saturated carbocycles. The van der Waals surface area contributed by atoms with Gasteiger partial charge in [0.2, 0.25) is 5.91 Å². The Balaban J connectivity index is 0.00000169. The number of hydrogen-bond acceptors (Lipinski definition) is 2. The van der Waals surface area contributed by atoms with Crippen LogP contribution in [-0.2, 0) is 4.79 Å². The van der Waals surface area contributed by atoms with Crippen LogP contribution in [0, 0.1) is 11.3 Å². The summed E-state index contributed by atoms with van der Waals surface area (Å²) in [4.78, 5) is 12.7. The van der Waals surface area contributed by atoms with Gasteiger partial charge in [0.15, 0.2) is 0 Å². The van der Waals surface area contributed by atoms with E-state index in [4.69, 9.17) is 0 Å². The Morgan fingerprint density at radius 2 is 1.67 bits per heavy atom. The maximum absolute atomic E-state index is 12.7. The van der Waals surface area contributed by atoms with E-state index < -0.39 is 0 Å². The molecule has 2 aliphatic rings. The number of para-hydroxylation sites is 1. The molecular formula is C20H23ClN2O. The lowest BCUT2D eigenvalue weighted by Gasteiger charge is -2.23. The molecule has 1 unspecified atom stereocenters. The molecule has 2 aromatic rings. The molecule has 1 saturated heterocycles. The third-order valence-electron chi connectivity index (χ3n) is 5.38. The predicted octanol–water partition coefficient (Wildman–Crippen LogP) is 4.10. The van der Waals surface area contributed by atoms with Crippen LogP contribution in [0.15, 0.2) is 54.6 Å². The predicted molar refractivity (Wildman–Crippen MR) is 100 cm³/mol. The summed E-state index contributed by atoms with van der Waals surface area (Å²) in [7, 11) is 0. The monoisotopic (exact) mass is 342 g/mol. The van der Waals surface area contributed by atoms with Crippen molar-refractivity contribution in [1.29, 1.82) is 0 Å². The Labute approximate surface area is 149 Å². The number of halogens is 1. The van der Waals surface area contributed by atoms with Crippen LogP contribution in [0.2, 0.25) is 0 Å². The first-order chi connectivity index (χ1) is 11.3. The highest BCUT2D eigenvalue weighted by molar-refractivity contribution is 5.98. The normalized spacial score (nSPS) is 20.9. The van der Waals surface area contributed by atoms with Gasteiger partial charge in [0.1, 0.15) is 0 Å². The van der Waals surface area contributed by atoms with E-state index in [2.05, 4.69) is 28.8 Å². The second kappa shape index (κ2) is 6.96. The zero-order chi connectivity index (χ0) is 15.7. The number of benzene rings is 2. The molecule has 1 heterocycles. The van der Waals surface area contributed by atoms with Gasteiger partial charge in [-0.1, -0.05) is 48.5 Å². The lowest BCUT2D eigenvalue weighted by atomic mass is 9.91. The van der Waals surface area contributed by atoms with Crippen LogP contribution in [0.3, 0.4) is 0 Å². The van der Waals surface area contributed by atoms with Crippen LogP contribution in [0.25, 0.3) is 11.1 Å². The molecular weight excluding hydrogens is 320 g/mol. The standard InChI is InChI=1S/C20H22N2O.ClH/c23-19(17-14-20(17)10-12-21-13-11-20)22-18-9-5-4-8-16(18)15-6-2-1-3-7-15;/h1-9,17,21H,10-14H2,(H,22,23);1H. The van der Waals surface area contributed by atoms with Crippen LogP contribution in [0.1, 0.15) is 19.3 Å². The van der Waals surface area contributed by atoms with Gasteiger partial charge in [0, 0.05) is 17.2 Å². The lowest BCUT2D eigenvalue weighted by molar-refractivity contribution is -0.118. The van der Waals surface area contributed by atoms with E-state index in [1.165, 1.54) is 0 Å². The zero-order valence-electron chi connectivity index (χ0n) is 13.6. The molecule has 0 aromatic heterocycles. The molecule has 2 aromatic carbocycles. The van der Waals surface area contributed by atoms with Crippen LogP contribution in [-0.4, -0.2) is 19.0 Å². The highest BCUT2D eigenvalue weighted by atomic mass is 35.5. The molecule has 1 atom stereocenters. The summed E-state index contributed by atoms with van der Waals surface area (Å²) in [6, 6.07) is 18.3. The van der Waals surface area contributed by atoms with Crippen molar-refractivity contribution in [1.82, 2.24) is 5.32 Å². The topological polar surface area (TPSA) is 41.1 Å². The summed E-state index contributed by atoms with van der Waals surface area (Å²) in [5.74, 6) is 0.378. The van der Waals surface area contributed by atoms with E-state index in [1.807, 2.05) is 36.4 Å². The van der Waals surface area contributed by atoms with Crippen molar-refractivity contribution in [2.24, 2.45) is 11.3 Å². The second-order valence-electron chi connectivity index (χ2n) is 6.77. The number of piperidine rings is 1. The Kier molecular flexibility index (Phi) is 4.93. The molecule has 4 rings (SSSR count). The maximum Gasteiger partial charge on any atom is 0.228 e. The highest BCUT2D eigenvalue weighted by Crippen LogP contribution is 2.58. The maximum atomic E-state index is 12.7. The lowest BCUT2D eigenvalue weighted by Crippen LogP contribution is -2.31. The Hall–Kier alpha value is -1.84. The van der Waals surface area contributed by atoms with Crippen LogP contribution >= 0.6 is 12.4 Å². The fourth-order valence-electron chi connectivity index (χ4n) is 3.88. The van der Waals surface area contributed by atoms with Gasteiger partial charge >= 0.3 is 0 Å². The summed E-state index contributed by atoms with van der Waals surface area (Å²) in [5, 5.41) is 6.57. The molecule has 0 bridgehead atoms. The molecule has 1 aliphatic heterocycles. The van der Waals surface area contributed by atoms with Gasteiger partial charge in [-0.25, -0.2) is 0 Å². The van der Waals surface area contributed by atoms with Crippen molar-refractivity contribution in [3.63, 3.8) is 0 Å². The van der Waals surface area contributed by atoms with Gasteiger partial charge in [0.25, 0.3) is 0 Å². The minimum atomic E-state index is 0. The minimum absolute atomic E-state index is 0. The smallest absolute Gasteiger partial charge is 0.228 e. The number of carbonyl (C=O) groups excluding carboxylic acids is 1. The van der Waals surface area contributed by atoms with Crippen molar-refractivity contribution < 1.29 is 4.79 Å². The largest absolute Gasteiger partial charge is 0.325 e. The average Bonchev–Trinajstić information content (AvgIpc) is 3.30. The molecule has 1 aliphatic carbocycles. The van der Waals surface area contributed by atoms with Gasteiger partial charge in [-0.05, 0) is 49.4 Å². The van der Waals surface area contributed by atoms with E-state index in [9.17, 15) is 4.79 Å². The number of carbonyl (C=O) groups is 1. The summed E-state index contributed by atoms with van der Waals surface area (Å²) < 4.78 is 0. The van der Waals surface area contributed by atoms with Crippen molar-refractivity contribution in [2.75, 3.05) is 18.4 Å². The van der Waals surface area contributed by atoms with E-state index in [0.717, 1.165) is 49.2 Å². The molecule has 24 heavy (non-hydrogen) atoms. The molecule has 126 valence electrons. The summed E-state index contributed by atoms with van der Waals surface area (Å²) in [6.07, 6.45) is 3.31. The first kappa shape index (κ1) is 17.0. The van der Waals surface area contributed by atoms with Crippen molar-refractivity contribution in [3.8, 4) is 11.1 Å². The third-order valence-corrected chi connectivity index (χ3v) is 5.38. The summed E-state index contributed by atoms with van der Waals surface area (Å²) in [5.41, 5.74) is 3.41. The number of hydrogen-bond donors (Lipinski definition) is 2. The number of anilines is 1. The highest BCUT2D eigenvalue weighted by Gasteiger charge is 2.57. The molecule has 0 radical (unpaired) electrons. The number of rotatable bonds is 3. The fraction of sp³-hybridized carbons (Fsp3) is 0.350. The quantitative estimate of drug-likeness (QED) is 0.881. The van der Waals surface area contributed by atoms with Gasteiger partial charge in [-0.3, -0.25) is 4.79 Å². The Morgan fingerprint density at radius 3 is 2.42 bits per heavy atom. The third kappa shape index (κ3) is 3.19. The molecule has 2 fully saturated rings. The molecule has 4 heteroatoms. The SMILES string of the molecule is Cl.O=C(Nc1ccccc1-c1ccccc1)C1CC12CCNCC2. The first-order valence-corrected chi connectivity index (χ1v) is 8.45. The van der Waals surface area contributed by atoms with Gasteiger partial charge in [-0.2, -0.15) is 0 Å². The van der Waals surface area contributed by atoms with Gasteiger partial charge in [-0.15, -0.1) is 12.4 Å². The van der Waals surface area contributed by atoms with Crippen LogP contribution < -0.4 is 10.6 Å². The summed E-state index contributed by atoms with van der Waals surface area (Å²) >= 11 is 0. The second-order valence-corrected chi connectivity index (χ2v) is 6.77. The molecule has 1 spiro atoms. The van der Waals surface area contributed by atoms with E-state index in [1.54, 1.807) is 0 Å². The van der Waals surface area contributed by atoms with Gasteiger partial charge in [0.05, 0.1) is 0 Å². The molecule has 1 amide bonds. The average molecular weight is 343 g/mol. The van der Waals surface area contributed by atoms with E-state index in [0.29, 0.717) is 0 Å². The minimum Gasteiger partial charge on any atom is -0.325 e. The fourth-order valence-corrected chi connectivity index (χ4v) is 3.88. The van der Waals surface area contributed by atoms with Crippen LogP contribution in [0.5, 0.6) is 0 Å². The molecule has 3 nitrogen and oxygen atoms in total. The molecule has 2 N–H and O–H groups in total. The first-order valence-electron chi connectivity index (χ1n) is 8.45. The van der Waals surface area contributed by atoms with Crippen LogP contribution in [0.4, 0.5) is 5.69 Å². The van der Waals surface area contributed by atoms with E-state index in [-0.39, 0.29) is 29.6 Å². The number of amides is 1. The van der Waals surface area contributed by atoms with E-state index >= 15 is 0 Å². The van der Waals surface area contributed by atoms with Gasteiger partial charge < -0.3 is 10.6 Å². The number of nitrogens with one attached hydrogen (secondary N) is 2. The van der Waals surface area contributed by atoms with Crippen molar-refractivity contribution in [2.45, 2.75) is 19.3 Å². The van der Waals surface area contributed by atoms with Crippen molar-refractivity contribution in [3.05, 3.63) is 54.6 Å². The Bertz CT molecular complexity index is 711. The zero-order valence-corrected chi connectivity index (χ0v) is 14.4. The summed E-state index contributed by atoms with van der Waals surface area (Å²) in [6.45, 7) is 2.09. The van der Waals surface area contributed by atoms with Crippen molar-refractivity contribution >= 4 is 24.0 Å². The Morgan fingerprint density at radius 1 is 1.00 bits per heavy atom.